The van der Waals surface area contributed by atoms with Crippen LogP contribution in [0, 0.1) is 12.3 Å². The Morgan fingerprint density at radius 1 is 1.32 bits per heavy atom. The highest BCUT2D eigenvalue weighted by molar-refractivity contribution is 5.14. The Balaban J connectivity index is 2.48. The van der Waals surface area contributed by atoms with Crippen LogP contribution in [0.15, 0.2) is 18.3 Å². The molecular weight excluding hydrogens is 234 g/mol. The number of aromatic nitrogens is 1. The summed E-state index contributed by atoms with van der Waals surface area (Å²) in [6.45, 7) is 8.82. The molecule has 19 heavy (non-hydrogen) atoms. The molecule has 0 atom stereocenters. The highest BCUT2D eigenvalue weighted by atomic mass is 15.1. The molecule has 0 saturated heterocycles. The first-order valence-electron chi connectivity index (χ1n) is 7.10. The van der Waals surface area contributed by atoms with E-state index in [1.54, 1.807) is 0 Å². The van der Waals surface area contributed by atoms with Crippen LogP contribution in [0.5, 0.6) is 0 Å². The Hall–Kier alpha value is -1.37. The molecule has 1 heterocycles. The van der Waals surface area contributed by atoms with Crippen LogP contribution >= 0.6 is 0 Å². The van der Waals surface area contributed by atoms with E-state index in [9.17, 15) is 0 Å². The zero-order valence-electron chi connectivity index (χ0n) is 12.2. The van der Waals surface area contributed by atoms with Gasteiger partial charge in [-0.3, -0.25) is 9.88 Å². The smallest absolute Gasteiger partial charge is 0.0602 e. The van der Waals surface area contributed by atoms with Gasteiger partial charge in [-0.15, -0.1) is 6.42 Å². The van der Waals surface area contributed by atoms with Gasteiger partial charge in [0.2, 0.25) is 0 Å². The molecule has 0 aliphatic heterocycles. The van der Waals surface area contributed by atoms with Gasteiger partial charge in [0.25, 0.3) is 0 Å². The number of terminal acetylenes is 1. The van der Waals surface area contributed by atoms with E-state index in [0.29, 0.717) is 6.54 Å². The van der Waals surface area contributed by atoms with E-state index in [2.05, 4.69) is 47.1 Å². The van der Waals surface area contributed by atoms with Gasteiger partial charge in [0.1, 0.15) is 0 Å². The molecule has 1 aromatic rings. The number of nitrogens with one attached hydrogen (secondary N) is 1. The van der Waals surface area contributed by atoms with E-state index >= 15 is 0 Å². The van der Waals surface area contributed by atoms with Gasteiger partial charge in [-0.2, -0.15) is 0 Å². The molecule has 0 radical (unpaired) electrons. The number of pyridine rings is 1. The minimum absolute atomic E-state index is 0.690. The predicted octanol–water partition coefficient (Wildman–Crippen LogP) is 2.43. The van der Waals surface area contributed by atoms with Crippen LogP contribution in [0.1, 0.15) is 37.9 Å². The van der Waals surface area contributed by atoms with Gasteiger partial charge in [0, 0.05) is 19.3 Å². The highest BCUT2D eigenvalue weighted by Crippen LogP contribution is 2.04. The summed E-state index contributed by atoms with van der Waals surface area (Å²) in [6.07, 6.45) is 9.61. The third-order valence-corrected chi connectivity index (χ3v) is 2.88. The molecule has 3 heteroatoms. The van der Waals surface area contributed by atoms with E-state index < -0.39 is 0 Å². The number of rotatable bonds is 9. The van der Waals surface area contributed by atoms with Crippen molar-refractivity contribution < 1.29 is 0 Å². The fourth-order valence-electron chi connectivity index (χ4n) is 1.95. The van der Waals surface area contributed by atoms with E-state index in [-0.39, 0.29) is 0 Å². The zero-order valence-corrected chi connectivity index (χ0v) is 12.2. The first-order chi connectivity index (χ1) is 9.30. The van der Waals surface area contributed by atoms with Crippen molar-refractivity contribution in [1.29, 1.82) is 0 Å². The zero-order chi connectivity index (χ0) is 13.9. The molecule has 3 nitrogen and oxygen atoms in total. The third-order valence-electron chi connectivity index (χ3n) is 2.88. The summed E-state index contributed by atoms with van der Waals surface area (Å²) in [7, 11) is 0. The van der Waals surface area contributed by atoms with Crippen LogP contribution in [-0.2, 0) is 13.1 Å². The molecule has 0 spiro atoms. The van der Waals surface area contributed by atoms with E-state index in [4.69, 9.17) is 6.42 Å². The Kier molecular flexibility index (Phi) is 7.88. The Labute approximate surface area is 117 Å². The fraction of sp³-hybridized carbons (Fsp3) is 0.562. The summed E-state index contributed by atoms with van der Waals surface area (Å²) in [4.78, 5) is 6.76. The lowest BCUT2D eigenvalue weighted by atomic mass is 10.2. The maximum absolute atomic E-state index is 5.39. The first-order valence-corrected chi connectivity index (χ1v) is 7.10. The maximum Gasteiger partial charge on any atom is 0.0602 e. The average molecular weight is 259 g/mol. The highest BCUT2D eigenvalue weighted by Gasteiger charge is 2.04. The van der Waals surface area contributed by atoms with Crippen molar-refractivity contribution >= 4 is 0 Å². The van der Waals surface area contributed by atoms with Gasteiger partial charge < -0.3 is 5.32 Å². The van der Waals surface area contributed by atoms with Crippen molar-refractivity contribution in [1.82, 2.24) is 15.2 Å². The third kappa shape index (κ3) is 6.37. The topological polar surface area (TPSA) is 28.2 Å². The van der Waals surface area contributed by atoms with Gasteiger partial charge in [-0.05, 0) is 37.6 Å². The minimum Gasteiger partial charge on any atom is -0.313 e. The average Bonchev–Trinajstić information content (AvgIpc) is 2.42. The summed E-state index contributed by atoms with van der Waals surface area (Å²) >= 11 is 0. The van der Waals surface area contributed by atoms with E-state index in [1.807, 2.05) is 6.20 Å². The Morgan fingerprint density at radius 2 is 2.16 bits per heavy atom. The molecule has 0 bridgehead atoms. The van der Waals surface area contributed by atoms with E-state index in [0.717, 1.165) is 44.7 Å². The summed E-state index contributed by atoms with van der Waals surface area (Å²) in [5.41, 5.74) is 2.32. The van der Waals surface area contributed by atoms with Crippen molar-refractivity contribution in [2.24, 2.45) is 0 Å². The van der Waals surface area contributed by atoms with Crippen LogP contribution in [0.4, 0.5) is 0 Å². The van der Waals surface area contributed by atoms with Gasteiger partial charge in [-0.25, -0.2) is 0 Å². The van der Waals surface area contributed by atoms with Gasteiger partial charge in [0.05, 0.1) is 12.2 Å². The van der Waals surface area contributed by atoms with Crippen LogP contribution in [0.3, 0.4) is 0 Å². The maximum atomic E-state index is 5.39. The van der Waals surface area contributed by atoms with Crippen LogP contribution in [0.25, 0.3) is 0 Å². The second-order valence-corrected chi connectivity index (χ2v) is 4.75. The van der Waals surface area contributed by atoms with Crippen LogP contribution < -0.4 is 5.32 Å². The quantitative estimate of drug-likeness (QED) is 0.545. The van der Waals surface area contributed by atoms with Crippen molar-refractivity contribution in [3.8, 4) is 12.3 Å². The monoisotopic (exact) mass is 259 g/mol. The molecule has 0 aliphatic carbocycles. The van der Waals surface area contributed by atoms with Crippen molar-refractivity contribution in [2.75, 3.05) is 19.6 Å². The Morgan fingerprint density at radius 3 is 2.74 bits per heavy atom. The minimum atomic E-state index is 0.690. The lowest BCUT2D eigenvalue weighted by Crippen LogP contribution is -2.25. The van der Waals surface area contributed by atoms with Gasteiger partial charge in [-0.1, -0.05) is 25.8 Å². The second kappa shape index (κ2) is 9.55. The lowest BCUT2D eigenvalue weighted by molar-refractivity contribution is 0.296. The second-order valence-electron chi connectivity index (χ2n) is 4.75. The summed E-state index contributed by atoms with van der Waals surface area (Å²) < 4.78 is 0. The molecule has 0 aliphatic rings. The molecule has 0 aromatic carbocycles. The first kappa shape index (κ1) is 15.7. The molecule has 104 valence electrons. The van der Waals surface area contributed by atoms with Crippen LogP contribution in [-0.4, -0.2) is 29.5 Å². The lowest BCUT2D eigenvalue weighted by Gasteiger charge is -2.18. The van der Waals surface area contributed by atoms with Crippen molar-refractivity contribution in [3.63, 3.8) is 0 Å². The van der Waals surface area contributed by atoms with Crippen molar-refractivity contribution in [3.05, 3.63) is 29.6 Å². The molecule has 1 rings (SSSR count). The Bertz CT molecular complexity index is 378. The summed E-state index contributed by atoms with van der Waals surface area (Å²) in [5, 5.41) is 3.38. The molecule has 1 N–H and O–H groups in total. The van der Waals surface area contributed by atoms with Gasteiger partial charge in [0.15, 0.2) is 0 Å². The number of nitrogens with zero attached hydrogens (tertiary/aromatic N) is 2. The molecule has 0 unspecified atom stereocenters. The van der Waals surface area contributed by atoms with Gasteiger partial charge >= 0.3 is 0 Å². The molecule has 0 amide bonds. The largest absolute Gasteiger partial charge is 0.313 e. The summed E-state index contributed by atoms with van der Waals surface area (Å²) in [6, 6.07) is 4.24. The van der Waals surface area contributed by atoms with Crippen LogP contribution in [0.2, 0.25) is 0 Å². The number of hydrogen-bond donors (Lipinski definition) is 1. The predicted molar refractivity (Wildman–Crippen MR) is 80.6 cm³/mol. The molecular formula is C16H25N3. The normalized spacial score (nSPS) is 10.6. The molecule has 0 saturated carbocycles. The summed E-state index contributed by atoms with van der Waals surface area (Å²) in [5.74, 6) is 2.71. The van der Waals surface area contributed by atoms with E-state index in [1.165, 1.54) is 5.56 Å². The van der Waals surface area contributed by atoms with Crippen molar-refractivity contribution in [2.45, 2.75) is 39.8 Å². The number of hydrogen-bond acceptors (Lipinski definition) is 3. The molecule has 1 aromatic heterocycles. The SMILES string of the molecule is C#CCN(CCC)Cc1ccc(CNCCC)cn1. The fourth-order valence-corrected chi connectivity index (χ4v) is 1.95. The molecule has 0 fully saturated rings. The standard InChI is InChI=1S/C16H25N3/c1-4-9-17-12-15-7-8-16(18-13-15)14-19(10-5-2)11-6-3/h2,7-8,13,17H,4,6,9-12,14H2,1,3H3.